The average Bonchev–Trinajstić information content (AvgIpc) is 2.68. The Morgan fingerprint density at radius 1 is 1.10 bits per heavy atom. The SMILES string of the molecule is O=C(O)Oc1cn(CCO)c2cc(C(=O)O)c(Cc3cccc(Cl)c3Cl)cc2c1=O. The molecule has 3 rings (SSSR count). The normalized spacial score (nSPS) is 10.9. The van der Waals surface area contributed by atoms with Gasteiger partial charge in [0, 0.05) is 11.9 Å². The van der Waals surface area contributed by atoms with Gasteiger partial charge in [-0.25, -0.2) is 9.59 Å². The summed E-state index contributed by atoms with van der Waals surface area (Å²) in [6, 6.07) is 7.60. The fraction of sp³-hybridized carbons (Fsp3) is 0.150. The van der Waals surface area contributed by atoms with E-state index in [1.165, 1.54) is 16.7 Å². The average molecular weight is 452 g/mol. The van der Waals surface area contributed by atoms with E-state index in [0.29, 0.717) is 10.6 Å². The number of aromatic nitrogens is 1. The van der Waals surface area contributed by atoms with Crippen molar-refractivity contribution in [2.24, 2.45) is 0 Å². The molecule has 0 spiro atoms. The molecule has 1 aromatic heterocycles. The number of hydrogen-bond acceptors (Lipinski definition) is 5. The minimum absolute atomic E-state index is 0.00864. The predicted octanol–water partition coefficient (Wildman–Crippen LogP) is 3.65. The van der Waals surface area contributed by atoms with Gasteiger partial charge in [-0.05, 0) is 35.7 Å². The lowest BCUT2D eigenvalue weighted by molar-refractivity contribution is 0.0696. The lowest BCUT2D eigenvalue weighted by Gasteiger charge is -2.15. The standard InChI is InChI=1S/C20H15Cl2NO7/c21-14-3-1-2-10(17(14)22)6-11-7-13-15(8-12(11)19(26)27)23(4-5-24)9-16(18(13)25)30-20(28)29/h1-3,7-9,24H,4-6H2,(H,26,27)(H,28,29). The Balaban J connectivity index is 2.29. The number of fused-ring (bicyclic) bond motifs is 1. The van der Waals surface area contributed by atoms with E-state index in [2.05, 4.69) is 4.74 Å². The lowest BCUT2D eigenvalue weighted by atomic mass is 9.97. The first kappa shape index (κ1) is 21.6. The smallest absolute Gasteiger partial charge is 0.478 e. The Labute approximate surface area is 179 Å². The van der Waals surface area contributed by atoms with E-state index in [4.69, 9.17) is 28.3 Å². The number of aromatic carboxylic acids is 1. The van der Waals surface area contributed by atoms with Crippen LogP contribution in [0.2, 0.25) is 10.0 Å². The highest BCUT2D eigenvalue weighted by atomic mass is 35.5. The summed E-state index contributed by atoms with van der Waals surface area (Å²) < 4.78 is 5.92. The summed E-state index contributed by atoms with van der Waals surface area (Å²) in [5, 5.41) is 28.5. The number of aliphatic hydroxyl groups is 1. The molecule has 0 aliphatic rings. The van der Waals surface area contributed by atoms with E-state index in [0.717, 1.165) is 6.20 Å². The molecule has 0 amide bonds. The van der Waals surface area contributed by atoms with Gasteiger partial charge in [-0.15, -0.1) is 0 Å². The Morgan fingerprint density at radius 3 is 2.47 bits per heavy atom. The number of carboxylic acid groups (broad SMARTS) is 2. The number of carboxylic acids is 1. The summed E-state index contributed by atoms with van der Waals surface area (Å²) in [7, 11) is 0. The molecule has 1 heterocycles. The molecule has 0 bridgehead atoms. The van der Waals surface area contributed by atoms with Gasteiger partial charge in [0.2, 0.25) is 5.43 Å². The summed E-state index contributed by atoms with van der Waals surface area (Å²) in [5.74, 6) is -1.68. The van der Waals surface area contributed by atoms with Gasteiger partial charge >= 0.3 is 12.1 Å². The third kappa shape index (κ3) is 4.25. The molecule has 0 aliphatic carbocycles. The molecular formula is C20H15Cl2NO7. The first-order valence-corrected chi connectivity index (χ1v) is 9.36. The maximum absolute atomic E-state index is 12.8. The molecule has 30 heavy (non-hydrogen) atoms. The highest BCUT2D eigenvalue weighted by Gasteiger charge is 2.19. The second-order valence-electron chi connectivity index (χ2n) is 6.33. The number of carbonyl (C=O) groups is 2. The Morgan fingerprint density at radius 2 is 1.83 bits per heavy atom. The molecule has 8 nitrogen and oxygen atoms in total. The molecule has 3 N–H and O–H groups in total. The minimum atomic E-state index is -1.67. The molecule has 0 atom stereocenters. The summed E-state index contributed by atoms with van der Waals surface area (Å²) >= 11 is 12.2. The largest absolute Gasteiger partial charge is 0.511 e. The molecule has 2 aromatic carbocycles. The Kier molecular flexibility index (Phi) is 6.31. The van der Waals surface area contributed by atoms with Crippen molar-refractivity contribution in [3.8, 4) is 5.75 Å². The fourth-order valence-electron chi connectivity index (χ4n) is 3.15. The molecule has 0 unspecified atom stereocenters. The first-order chi connectivity index (χ1) is 14.2. The van der Waals surface area contributed by atoms with E-state index in [-0.39, 0.29) is 46.6 Å². The zero-order chi connectivity index (χ0) is 22.0. The van der Waals surface area contributed by atoms with Crippen molar-refractivity contribution in [2.45, 2.75) is 13.0 Å². The lowest BCUT2D eigenvalue weighted by Crippen LogP contribution is -2.18. The molecule has 0 fully saturated rings. The van der Waals surface area contributed by atoms with Crippen molar-refractivity contribution in [2.75, 3.05) is 6.61 Å². The molecule has 10 heteroatoms. The van der Waals surface area contributed by atoms with Crippen molar-refractivity contribution in [3.05, 3.63) is 73.5 Å². The van der Waals surface area contributed by atoms with E-state index in [1.54, 1.807) is 18.2 Å². The highest BCUT2D eigenvalue weighted by Crippen LogP contribution is 2.29. The second-order valence-corrected chi connectivity index (χ2v) is 7.11. The fourth-order valence-corrected chi connectivity index (χ4v) is 3.54. The first-order valence-electron chi connectivity index (χ1n) is 8.60. The number of benzene rings is 2. The van der Waals surface area contributed by atoms with Gasteiger partial charge in [0.05, 0.1) is 33.9 Å². The molecular weight excluding hydrogens is 437 g/mol. The summed E-state index contributed by atoms with van der Waals surface area (Å²) in [5.41, 5.74) is 0.248. The summed E-state index contributed by atoms with van der Waals surface area (Å²) in [6.45, 7) is -0.335. The van der Waals surface area contributed by atoms with Crippen molar-refractivity contribution < 1.29 is 29.6 Å². The van der Waals surface area contributed by atoms with Crippen LogP contribution in [0.3, 0.4) is 0 Å². The van der Waals surface area contributed by atoms with Crippen LogP contribution >= 0.6 is 23.2 Å². The number of rotatable bonds is 6. The van der Waals surface area contributed by atoms with Crippen LogP contribution in [-0.2, 0) is 13.0 Å². The third-order valence-electron chi connectivity index (χ3n) is 4.45. The zero-order valence-electron chi connectivity index (χ0n) is 15.3. The maximum Gasteiger partial charge on any atom is 0.511 e. The Hall–Kier alpha value is -3.07. The van der Waals surface area contributed by atoms with E-state index in [9.17, 15) is 24.6 Å². The molecule has 0 saturated heterocycles. The van der Waals surface area contributed by atoms with Crippen LogP contribution in [0.5, 0.6) is 5.75 Å². The van der Waals surface area contributed by atoms with Crippen LogP contribution in [0, 0.1) is 0 Å². The topological polar surface area (TPSA) is 126 Å². The van der Waals surface area contributed by atoms with E-state index < -0.39 is 23.3 Å². The predicted molar refractivity (Wildman–Crippen MR) is 110 cm³/mol. The summed E-state index contributed by atoms with van der Waals surface area (Å²) in [6.07, 6.45) is -0.482. The van der Waals surface area contributed by atoms with Crippen molar-refractivity contribution in [1.29, 1.82) is 0 Å². The monoisotopic (exact) mass is 451 g/mol. The van der Waals surface area contributed by atoms with E-state index in [1.807, 2.05) is 0 Å². The van der Waals surface area contributed by atoms with Gasteiger partial charge in [0.1, 0.15) is 0 Å². The minimum Gasteiger partial charge on any atom is -0.478 e. The van der Waals surface area contributed by atoms with Crippen LogP contribution in [0.15, 0.2) is 41.3 Å². The Bertz CT molecular complexity index is 1220. The number of ether oxygens (including phenoxy) is 1. The number of hydrogen-bond donors (Lipinski definition) is 3. The van der Waals surface area contributed by atoms with Crippen LogP contribution in [0.4, 0.5) is 4.79 Å². The number of halogens is 2. The molecule has 0 saturated carbocycles. The van der Waals surface area contributed by atoms with Gasteiger partial charge in [-0.1, -0.05) is 35.3 Å². The van der Waals surface area contributed by atoms with Gasteiger partial charge < -0.3 is 24.6 Å². The number of pyridine rings is 1. The van der Waals surface area contributed by atoms with Gasteiger partial charge in [0.25, 0.3) is 0 Å². The van der Waals surface area contributed by atoms with Crippen molar-refractivity contribution in [1.82, 2.24) is 4.57 Å². The van der Waals surface area contributed by atoms with E-state index >= 15 is 0 Å². The van der Waals surface area contributed by atoms with Crippen LogP contribution in [0.25, 0.3) is 10.9 Å². The summed E-state index contributed by atoms with van der Waals surface area (Å²) in [4.78, 5) is 35.6. The molecule has 3 aromatic rings. The molecule has 0 radical (unpaired) electrons. The molecule has 0 aliphatic heterocycles. The van der Waals surface area contributed by atoms with Gasteiger partial charge in [-0.3, -0.25) is 4.79 Å². The van der Waals surface area contributed by atoms with Gasteiger partial charge in [-0.2, -0.15) is 0 Å². The molecule has 156 valence electrons. The third-order valence-corrected chi connectivity index (χ3v) is 5.31. The van der Waals surface area contributed by atoms with Crippen molar-refractivity contribution >= 4 is 46.2 Å². The quantitative estimate of drug-likeness (QED) is 0.488. The van der Waals surface area contributed by atoms with Crippen LogP contribution in [-0.4, -0.2) is 38.6 Å². The van der Waals surface area contributed by atoms with Gasteiger partial charge in [0.15, 0.2) is 5.75 Å². The van der Waals surface area contributed by atoms with Crippen LogP contribution in [0.1, 0.15) is 21.5 Å². The highest BCUT2D eigenvalue weighted by molar-refractivity contribution is 6.42. The second kappa shape index (κ2) is 8.74. The number of aliphatic hydroxyl groups excluding tert-OH is 1. The zero-order valence-corrected chi connectivity index (χ0v) is 16.8. The maximum atomic E-state index is 12.8. The van der Waals surface area contributed by atoms with Crippen LogP contribution < -0.4 is 10.2 Å². The number of nitrogens with zero attached hydrogens (tertiary/aromatic N) is 1. The van der Waals surface area contributed by atoms with Crippen molar-refractivity contribution in [3.63, 3.8) is 0 Å².